The summed E-state index contributed by atoms with van der Waals surface area (Å²) >= 11 is 0. The normalized spacial score (nSPS) is 10.5. The fourth-order valence-corrected chi connectivity index (χ4v) is 1.80. The summed E-state index contributed by atoms with van der Waals surface area (Å²) in [7, 11) is 0. The van der Waals surface area contributed by atoms with Gasteiger partial charge in [-0.2, -0.15) is 0 Å². The molecule has 0 heterocycles. The first-order valence-electron chi connectivity index (χ1n) is 6.53. The van der Waals surface area contributed by atoms with E-state index in [0.29, 0.717) is 0 Å². The minimum atomic E-state index is 0.857. The summed E-state index contributed by atoms with van der Waals surface area (Å²) in [6.45, 7) is 7.68. The van der Waals surface area contributed by atoms with Gasteiger partial charge in [-0.05, 0) is 56.0 Å². The van der Waals surface area contributed by atoms with E-state index in [2.05, 4.69) is 60.9 Å². The minimum absolute atomic E-state index is 0.857. The predicted octanol–water partition coefficient (Wildman–Crippen LogP) is 5.19. The maximum Gasteiger partial charge on any atom is 0.0631 e. The molecule has 0 unspecified atom stereocenters. The molecule has 0 aliphatic carbocycles. The third-order valence-electron chi connectivity index (χ3n) is 2.79. The first-order valence-corrected chi connectivity index (χ1v) is 6.53. The first-order chi connectivity index (χ1) is 9.67. The van der Waals surface area contributed by atoms with Gasteiger partial charge in [0.2, 0.25) is 0 Å². The predicted molar refractivity (Wildman–Crippen MR) is 88.7 cm³/mol. The van der Waals surface area contributed by atoms with Crippen molar-refractivity contribution in [1.29, 1.82) is 0 Å². The number of hydrogen-bond acceptors (Lipinski definition) is 2. The van der Waals surface area contributed by atoms with E-state index in [1.165, 1.54) is 11.1 Å². The molecule has 2 aromatic carbocycles. The number of rotatable bonds is 4. The third-order valence-corrected chi connectivity index (χ3v) is 2.79. The van der Waals surface area contributed by atoms with E-state index >= 15 is 0 Å². The summed E-state index contributed by atoms with van der Waals surface area (Å²) < 4.78 is 0. The van der Waals surface area contributed by atoms with Crippen molar-refractivity contribution in [3.8, 4) is 0 Å². The van der Waals surface area contributed by atoms with Crippen LogP contribution in [-0.4, -0.2) is 12.9 Å². The van der Waals surface area contributed by atoms with Gasteiger partial charge in [-0.15, -0.1) is 0 Å². The highest BCUT2D eigenvalue weighted by Crippen LogP contribution is 2.18. The van der Waals surface area contributed by atoms with Crippen LogP contribution in [0.3, 0.4) is 0 Å². The summed E-state index contributed by atoms with van der Waals surface area (Å²) in [4.78, 5) is 8.30. The molecular weight excluding hydrogens is 244 g/mol. The van der Waals surface area contributed by atoms with Crippen LogP contribution < -0.4 is 0 Å². The van der Waals surface area contributed by atoms with Gasteiger partial charge in [0.15, 0.2) is 0 Å². The molecule has 0 aliphatic rings. The Morgan fingerprint density at radius 1 is 0.850 bits per heavy atom. The van der Waals surface area contributed by atoms with Gasteiger partial charge in [0, 0.05) is 6.21 Å². The zero-order chi connectivity index (χ0) is 14.4. The number of allylic oxidation sites excluding steroid dienone is 1. The summed E-state index contributed by atoms with van der Waals surface area (Å²) in [5.74, 6) is 0. The van der Waals surface area contributed by atoms with Crippen LogP contribution in [0.2, 0.25) is 0 Å². The van der Waals surface area contributed by atoms with Crippen molar-refractivity contribution in [3.63, 3.8) is 0 Å². The molecule has 0 N–H and O–H groups in total. The monoisotopic (exact) mass is 262 g/mol. The molecule has 0 aromatic heterocycles. The van der Waals surface area contributed by atoms with Crippen molar-refractivity contribution >= 4 is 30.4 Å². The molecule has 0 saturated heterocycles. The summed E-state index contributed by atoms with van der Waals surface area (Å²) in [5, 5.41) is 0. The highest BCUT2D eigenvalue weighted by Gasteiger charge is 1.92. The van der Waals surface area contributed by atoms with Crippen LogP contribution in [0.15, 0.2) is 64.1 Å². The van der Waals surface area contributed by atoms with E-state index in [1.807, 2.05) is 30.5 Å². The summed E-state index contributed by atoms with van der Waals surface area (Å²) in [5.41, 5.74) is 5.36. The molecule has 0 radical (unpaired) electrons. The molecule has 2 aromatic rings. The van der Waals surface area contributed by atoms with Crippen LogP contribution in [-0.2, 0) is 0 Å². The largest absolute Gasteiger partial charge is 0.265 e. The number of hydrogen-bond donors (Lipinski definition) is 0. The second-order valence-corrected chi connectivity index (χ2v) is 4.82. The molecule has 2 heteroatoms. The van der Waals surface area contributed by atoms with E-state index in [1.54, 1.807) is 0 Å². The third kappa shape index (κ3) is 4.02. The second-order valence-electron chi connectivity index (χ2n) is 4.82. The lowest BCUT2D eigenvalue weighted by atomic mass is 10.1. The van der Waals surface area contributed by atoms with Crippen LogP contribution in [0, 0.1) is 0 Å². The number of nitrogens with zero attached hydrogens (tertiary/aromatic N) is 2. The molecule has 2 rings (SSSR count). The van der Waals surface area contributed by atoms with Crippen LogP contribution in [0.25, 0.3) is 6.08 Å². The molecule has 0 amide bonds. The molecule has 0 aliphatic heterocycles. The van der Waals surface area contributed by atoms with E-state index in [-0.39, 0.29) is 0 Å². The van der Waals surface area contributed by atoms with Crippen molar-refractivity contribution in [2.24, 2.45) is 9.98 Å². The standard InChI is InChI=1S/C18H18N2/c1-14(2)12-15-4-6-16(7-5-15)13-20-18-10-8-17(19-3)9-11-18/h4-13H,3H2,1-2H3. The van der Waals surface area contributed by atoms with Crippen molar-refractivity contribution in [2.75, 3.05) is 0 Å². The molecule has 0 bridgehead atoms. The van der Waals surface area contributed by atoms with Gasteiger partial charge in [0.1, 0.15) is 0 Å². The Morgan fingerprint density at radius 2 is 1.40 bits per heavy atom. The van der Waals surface area contributed by atoms with Gasteiger partial charge in [-0.1, -0.05) is 35.9 Å². The van der Waals surface area contributed by atoms with E-state index in [4.69, 9.17) is 0 Å². The van der Waals surface area contributed by atoms with Gasteiger partial charge in [0.25, 0.3) is 0 Å². The SMILES string of the molecule is C=Nc1ccc(N=Cc2ccc(C=C(C)C)cc2)cc1. The lowest BCUT2D eigenvalue weighted by Gasteiger charge is -1.98. The van der Waals surface area contributed by atoms with Crippen molar-refractivity contribution in [3.05, 3.63) is 65.2 Å². The maximum absolute atomic E-state index is 4.44. The Morgan fingerprint density at radius 3 is 1.95 bits per heavy atom. The van der Waals surface area contributed by atoms with Crippen molar-refractivity contribution in [2.45, 2.75) is 13.8 Å². The molecule has 100 valence electrons. The minimum Gasteiger partial charge on any atom is -0.265 e. The highest BCUT2D eigenvalue weighted by atomic mass is 14.7. The fraction of sp³-hybridized carbons (Fsp3) is 0.111. The molecular formula is C18H18N2. The smallest absolute Gasteiger partial charge is 0.0631 e. The Hall–Kier alpha value is -2.48. The van der Waals surface area contributed by atoms with E-state index in [0.717, 1.165) is 16.9 Å². The molecule has 0 atom stereocenters. The van der Waals surface area contributed by atoms with Gasteiger partial charge in [-0.3, -0.25) is 9.98 Å². The van der Waals surface area contributed by atoms with Crippen molar-refractivity contribution in [1.82, 2.24) is 0 Å². The second kappa shape index (κ2) is 6.62. The summed E-state index contributed by atoms with van der Waals surface area (Å²) in [6, 6.07) is 16.0. The van der Waals surface area contributed by atoms with Crippen molar-refractivity contribution < 1.29 is 0 Å². The lowest BCUT2D eigenvalue weighted by molar-refractivity contribution is 1.42. The highest BCUT2D eigenvalue weighted by molar-refractivity contribution is 5.82. The molecule has 0 saturated carbocycles. The summed E-state index contributed by atoms with van der Waals surface area (Å²) in [6.07, 6.45) is 4.02. The van der Waals surface area contributed by atoms with E-state index in [9.17, 15) is 0 Å². The Balaban J connectivity index is 2.10. The van der Waals surface area contributed by atoms with Gasteiger partial charge < -0.3 is 0 Å². The molecule has 2 nitrogen and oxygen atoms in total. The Labute approximate surface area is 120 Å². The quantitative estimate of drug-likeness (QED) is 0.677. The number of benzene rings is 2. The van der Waals surface area contributed by atoms with Crippen LogP contribution >= 0.6 is 0 Å². The fourth-order valence-electron chi connectivity index (χ4n) is 1.80. The van der Waals surface area contributed by atoms with Gasteiger partial charge >= 0.3 is 0 Å². The van der Waals surface area contributed by atoms with E-state index < -0.39 is 0 Å². The zero-order valence-electron chi connectivity index (χ0n) is 11.9. The Bertz CT molecular complexity index is 628. The average molecular weight is 262 g/mol. The van der Waals surface area contributed by atoms with Crippen LogP contribution in [0.5, 0.6) is 0 Å². The molecule has 20 heavy (non-hydrogen) atoms. The topological polar surface area (TPSA) is 24.7 Å². The van der Waals surface area contributed by atoms with Crippen LogP contribution in [0.4, 0.5) is 11.4 Å². The maximum atomic E-state index is 4.44. The van der Waals surface area contributed by atoms with Crippen LogP contribution in [0.1, 0.15) is 25.0 Å². The van der Waals surface area contributed by atoms with Gasteiger partial charge in [-0.25, -0.2) is 0 Å². The number of aliphatic imine (C=N–C) groups is 2. The molecule has 0 spiro atoms. The average Bonchev–Trinajstić information content (AvgIpc) is 2.46. The zero-order valence-corrected chi connectivity index (χ0v) is 11.9. The molecule has 0 fully saturated rings. The van der Waals surface area contributed by atoms with Gasteiger partial charge in [0.05, 0.1) is 11.4 Å². The first kappa shape index (κ1) is 13.9. The lowest BCUT2D eigenvalue weighted by Crippen LogP contribution is -1.81. The Kier molecular flexibility index (Phi) is 4.61.